The predicted octanol–water partition coefficient (Wildman–Crippen LogP) is 1.38. The first-order valence-electron chi connectivity index (χ1n) is 6.57. The van der Waals surface area contributed by atoms with E-state index in [4.69, 9.17) is 5.84 Å². The summed E-state index contributed by atoms with van der Waals surface area (Å²) < 4.78 is 0. The Labute approximate surface area is 98.0 Å². The summed E-state index contributed by atoms with van der Waals surface area (Å²) in [4.78, 5) is 4.57. The number of nitrogens with zero attached hydrogens (tertiary/aromatic N) is 1. The standard InChI is InChI=1S/C12H24N4/c1-9-4-2-3-5-10(9)8-14-12(16-13)15-11-6-7-11/h9-11H,2-8,13H2,1H3,(H2,14,15,16). The van der Waals surface area contributed by atoms with Crippen LogP contribution in [0.3, 0.4) is 0 Å². The van der Waals surface area contributed by atoms with E-state index in [2.05, 4.69) is 22.7 Å². The highest BCUT2D eigenvalue weighted by molar-refractivity contribution is 5.79. The molecule has 0 aromatic carbocycles. The second-order valence-corrected chi connectivity index (χ2v) is 5.27. The van der Waals surface area contributed by atoms with E-state index in [0.29, 0.717) is 6.04 Å². The molecule has 4 nitrogen and oxygen atoms in total. The van der Waals surface area contributed by atoms with Crippen molar-refractivity contribution in [2.75, 3.05) is 6.54 Å². The van der Waals surface area contributed by atoms with Crippen LogP contribution in [0.4, 0.5) is 0 Å². The first kappa shape index (κ1) is 11.7. The Kier molecular flexibility index (Phi) is 4.04. The van der Waals surface area contributed by atoms with E-state index in [1.807, 2.05) is 0 Å². The molecule has 4 N–H and O–H groups in total. The van der Waals surface area contributed by atoms with Crippen LogP contribution in [0.1, 0.15) is 45.4 Å². The predicted molar refractivity (Wildman–Crippen MR) is 66.9 cm³/mol. The molecule has 0 aromatic rings. The van der Waals surface area contributed by atoms with E-state index in [0.717, 1.165) is 24.3 Å². The molecule has 0 spiro atoms. The van der Waals surface area contributed by atoms with Gasteiger partial charge in [0.15, 0.2) is 0 Å². The fourth-order valence-corrected chi connectivity index (χ4v) is 2.43. The molecule has 2 unspecified atom stereocenters. The molecule has 2 rings (SSSR count). The van der Waals surface area contributed by atoms with Crippen molar-refractivity contribution in [1.82, 2.24) is 10.7 Å². The molecular weight excluding hydrogens is 200 g/mol. The fourth-order valence-electron chi connectivity index (χ4n) is 2.43. The van der Waals surface area contributed by atoms with Crippen LogP contribution in [0.2, 0.25) is 0 Å². The van der Waals surface area contributed by atoms with E-state index in [9.17, 15) is 0 Å². The molecule has 0 amide bonds. The summed E-state index contributed by atoms with van der Waals surface area (Å²) in [6.07, 6.45) is 7.95. The Bertz CT molecular complexity index is 247. The Morgan fingerprint density at radius 3 is 2.62 bits per heavy atom. The van der Waals surface area contributed by atoms with Crippen molar-refractivity contribution >= 4 is 5.96 Å². The lowest BCUT2D eigenvalue weighted by Gasteiger charge is -2.27. The lowest BCUT2D eigenvalue weighted by molar-refractivity contribution is 0.263. The lowest BCUT2D eigenvalue weighted by Crippen LogP contribution is -2.43. The van der Waals surface area contributed by atoms with Gasteiger partial charge in [-0.3, -0.25) is 10.4 Å². The third-order valence-corrected chi connectivity index (χ3v) is 3.83. The molecule has 2 fully saturated rings. The van der Waals surface area contributed by atoms with Crippen LogP contribution in [0, 0.1) is 11.8 Å². The quantitative estimate of drug-likeness (QED) is 0.294. The average molecular weight is 224 g/mol. The Hall–Kier alpha value is -0.770. The van der Waals surface area contributed by atoms with Gasteiger partial charge in [-0.15, -0.1) is 0 Å². The van der Waals surface area contributed by atoms with Gasteiger partial charge in [0.1, 0.15) is 0 Å². The molecule has 0 heterocycles. The number of hydrogen-bond donors (Lipinski definition) is 3. The normalized spacial score (nSPS) is 31.2. The Balaban J connectivity index is 1.79. The summed E-state index contributed by atoms with van der Waals surface area (Å²) in [5.74, 6) is 7.80. The third kappa shape index (κ3) is 3.37. The first-order chi connectivity index (χ1) is 7.79. The van der Waals surface area contributed by atoms with Crippen LogP contribution in [0.15, 0.2) is 4.99 Å². The van der Waals surface area contributed by atoms with Gasteiger partial charge in [-0.1, -0.05) is 26.2 Å². The van der Waals surface area contributed by atoms with Crippen molar-refractivity contribution in [3.8, 4) is 0 Å². The van der Waals surface area contributed by atoms with Crippen LogP contribution in [0.5, 0.6) is 0 Å². The van der Waals surface area contributed by atoms with Crippen molar-refractivity contribution in [2.45, 2.75) is 51.5 Å². The van der Waals surface area contributed by atoms with Crippen molar-refractivity contribution in [2.24, 2.45) is 22.7 Å². The number of guanidine groups is 1. The van der Waals surface area contributed by atoms with Crippen LogP contribution in [-0.2, 0) is 0 Å². The van der Waals surface area contributed by atoms with Gasteiger partial charge in [-0.25, -0.2) is 5.84 Å². The van der Waals surface area contributed by atoms with Gasteiger partial charge in [0.05, 0.1) is 0 Å². The summed E-state index contributed by atoms with van der Waals surface area (Å²) in [5.41, 5.74) is 2.67. The lowest BCUT2D eigenvalue weighted by atomic mass is 9.80. The third-order valence-electron chi connectivity index (χ3n) is 3.83. The molecule has 0 saturated heterocycles. The smallest absolute Gasteiger partial charge is 0.205 e. The van der Waals surface area contributed by atoms with Gasteiger partial charge in [0.25, 0.3) is 0 Å². The van der Waals surface area contributed by atoms with Gasteiger partial charge >= 0.3 is 0 Å². The first-order valence-corrected chi connectivity index (χ1v) is 6.57. The zero-order chi connectivity index (χ0) is 11.4. The van der Waals surface area contributed by atoms with Crippen molar-refractivity contribution < 1.29 is 0 Å². The number of hydrogen-bond acceptors (Lipinski definition) is 2. The molecule has 92 valence electrons. The zero-order valence-electron chi connectivity index (χ0n) is 10.2. The van der Waals surface area contributed by atoms with Crippen LogP contribution < -0.4 is 16.6 Å². The maximum atomic E-state index is 5.46. The SMILES string of the molecule is CC1CCCCC1CN=C(NN)NC1CC1. The maximum Gasteiger partial charge on any atom is 0.205 e. The van der Waals surface area contributed by atoms with E-state index >= 15 is 0 Å². The van der Waals surface area contributed by atoms with Gasteiger partial charge in [0.2, 0.25) is 5.96 Å². The molecule has 0 aliphatic heterocycles. The highest BCUT2D eigenvalue weighted by Crippen LogP contribution is 2.29. The molecule has 16 heavy (non-hydrogen) atoms. The van der Waals surface area contributed by atoms with Gasteiger partial charge in [-0.05, 0) is 31.1 Å². The van der Waals surface area contributed by atoms with Gasteiger partial charge < -0.3 is 5.32 Å². The highest BCUT2D eigenvalue weighted by atomic mass is 15.3. The van der Waals surface area contributed by atoms with Crippen LogP contribution in [0.25, 0.3) is 0 Å². The Morgan fingerprint density at radius 1 is 1.25 bits per heavy atom. The summed E-state index contributed by atoms with van der Waals surface area (Å²) >= 11 is 0. The number of nitrogens with one attached hydrogen (secondary N) is 2. The van der Waals surface area contributed by atoms with Gasteiger partial charge in [-0.2, -0.15) is 0 Å². The molecule has 2 aliphatic rings. The summed E-state index contributed by atoms with van der Waals surface area (Å²) in [5, 5.41) is 3.31. The van der Waals surface area contributed by atoms with E-state index < -0.39 is 0 Å². The topological polar surface area (TPSA) is 62.4 Å². The maximum absolute atomic E-state index is 5.46. The minimum Gasteiger partial charge on any atom is -0.353 e. The summed E-state index contributed by atoms with van der Waals surface area (Å²) in [7, 11) is 0. The molecule has 0 aromatic heterocycles. The van der Waals surface area contributed by atoms with E-state index in [1.54, 1.807) is 0 Å². The molecule has 2 aliphatic carbocycles. The average Bonchev–Trinajstić information content (AvgIpc) is 3.10. The summed E-state index contributed by atoms with van der Waals surface area (Å²) in [6, 6.07) is 0.610. The van der Waals surface area contributed by atoms with E-state index in [1.165, 1.54) is 38.5 Å². The van der Waals surface area contributed by atoms with Crippen molar-refractivity contribution in [3.63, 3.8) is 0 Å². The molecule has 0 radical (unpaired) electrons. The highest BCUT2D eigenvalue weighted by Gasteiger charge is 2.23. The number of aliphatic imine (C=N–C) groups is 1. The molecule has 0 bridgehead atoms. The second kappa shape index (κ2) is 5.53. The number of nitrogens with two attached hydrogens (primary N) is 1. The van der Waals surface area contributed by atoms with Crippen molar-refractivity contribution in [1.29, 1.82) is 0 Å². The minimum absolute atomic E-state index is 0.610. The van der Waals surface area contributed by atoms with Crippen LogP contribution in [-0.4, -0.2) is 18.5 Å². The van der Waals surface area contributed by atoms with Crippen LogP contribution >= 0.6 is 0 Å². The number of rotatable bonds is 3. The molecular formula is C12H24N4. The number of hydrazine groups is 1. The fraction of sp³-hybridized carbons (Fsp3) is 0.917. The summed E-state index contributed by atoms with van der Waals surface area (Å²) in [6.45, 7) is 3.27. The molecule has 2 atom stereocenters. The molecule has 2 saturated carbocycles. The zero-order valence-corrected chi connectivity index (χ0v) is 10.2. The monoisotopic (exact) mass is 224 g/mol. The molecule has 4 heteroatoms. The Morgan fingerprint density at radius 2 is 2.00 bits per heavy atom. The largest absolute Gasteiger partial charge is 0.353 e. The van der Waals surface area contributed by atoms with Gasteiger partial charge in [0, 0.05) is 12.6 Å². The second-order valence-electron chi connectivity index (χ2n) is 5.27. The minimum atomic E-state index is 0.610. The van der Waals surface area contributed by atoms with Crippen molar-refractivity contribution in [3.05, 3.63) is 0 Å². The van der Waals surface area contributed by atoms with E-state index in [-0.39, 0.29) is 0 Å².